The van der Waals surface area contributed by atoms with E-state index in [1.165, 1.54) is 0 Å². The molecule has 0 aromatic rings. The van der Waals surface area contributed by atoms with Gasteiger partial charge in [-0.2, -0.15) is 0 Å². The monoisotopic (exact) mass is 677 g/mol. The first kappa shape index (κ1) is 39.3. The Balaban J connectivity index is 2.41. The second-order valence-electron chi connectivity index (χ2n) is 10.4. The molecule has 0 saturated carbocycles. The van der Waals surface area contributed by atoms with Crippen LogP contribution in [0.5, 0.6) is 0 Å². The number of carboxylic acid groups (broad SMARTS) is 1. The van der Waals surface area contributed by atoms with Crippen molar-refractivity contribution in [2.45, 2.75) is 101 Å². The number of phosphoric acid groups is 1. The Bertz CT molecular complexity index is 1010. The molecule has 0 aromatic heterocycles. The third kappa shape index (κ3) is 11.7. The predicted molar refractivity (Wildman–Crippen MR) is 147 cm³/mol. The number of amides is 2. The highest BCUT2D eigenvalue weighted by molar-refractivity contribution is 7.47. The first-order chi connectivity index (χ1) is 21.1. The van der Waals surface area contributed by atoms with Gasteiger partial charge in [-0.25, -0.2) is 9.36 Å². The molecule has 45 heavy (non-hydrogen) atoms. The third-order valence-corrected chi connectivity index (χ3v) is 7.81. The van der Waals surface area contributed by atoms with Gasteiger partial charge in [-0.3, -0.25) is 18.6 Å². The van der Waals surface area contributed by atoms with Crippen LogP contribution in [0.15, 0.2) is 0 Å². The zero-order chi connectivity index (χ0) is 33.9. The van der Waals surface area contributed by atoms with E-state index in [4.69, 9.17) is 33.7 Å². The maximum atomic E-state index is 12.5. The van der Waals surface area contributed by atoms with Crippen molar-refractivity contribution in [1.82, 2.24) is 10.6 Å². The highest BCUT2D eigenvalue weighted by atomic mass is 31.2. The van der Waals surface area contributed by atoms with Crippen LogP contribution >= 0.6 is 7.82 Å². The second kappa shape index (κ2) is 18.5. The van der Waals surface area contributed by atoms with E-state index in [0.29, 0.717) is 25.8 Å². The number of hydrogen-bond donors (Lipinski definition) is 10. The minimum atomic E-state index is -4.72. The zero-order valence-corrected chi connectivity index (χ0v) is 25.6. The number of phosphoric ester groups is 1. The first-order valence-electron chi connectivity index (χ1n) is 14.1. The molecule has 2 amide bonds. The van der Waals surface area contributed by atoms with Crippen molar-refractivity contribution in [2.24, 2.45) is 5.73 Å². The minimum Gasteiger partial charge on any atom is -0.479 e. The van der Waals surface area contributed by atoms with Crippen LogP contribution in [0.2, 0.25) is 0 Å². The smallest absolute Gasteiger partial charge is 0.472 e. The van der Waals surface area contributed by atoms with Gasteiger partial charge in [0, 0.05) is 13.8 Å². The van der Waals surface area contributed by atoms with Crippen molar-refractivity contribution < 1.29 is 82.5 Å². The van der Waals surface area contributed by atoms with Gasteiger partial charge in [-0.15, -0.1) is 0 Å². The van der Waals surface area contributed by atoms with E-state index in [9.17, 15) is 54.5 Å². The number of ether oxygens (including phenoxy) is 4. The Morgan fingerprint density at radius 3 is 2.07 bits per heavy atom. The summed E-state index contributed by atoms with van der Waals surface area (Å²) in [7, 11) is -4.72. The summed E-state index contributed by atoms with van der Waals surface area (Å²) in [4.78, 5) is 45.8. The summed E-state index contributed by atoms with van der Waals surface area (Å²) in [5.74, 6) is -3.08. The van der Waals surface area contributed by atoms with Crippen LogP contribution in [0, 0.1) is 0 Å². The molecule has 2 aliphatic heterocycles. The summed E-state index contributed by atoms with van der Waals surface area (Å²) >= 11 is 0. The molecule has 2 fully saturated rings. The van der Waals surface area contributed by atoms with Crippen molar-refractivity contribution in [3.8, 4) is 0 Å². The average Bonchev–Trinajstić information content (AvgIpc) is 2.96. The van der Waals surface area contributed by atoms with Crippen LogP contribution in [0.25, 0.3) is 0 Å². The number of carbonyl (C=O) groups excluding carboxylic acids is 2. The number of aliphatic hydroxyl groups is 5. The number of nitrogens with one attached hydrogen (secondary N) is 2. The number of unbranched alkanes of at least 4 members (excludes halogenated alkanes) is 2. The Morgan fingerprint density at radius 1 is 0.889 bits per heavy atom. The number of aliphatic hydroxyl groups excluding tert-OH is 5. The highest BCUT2D eigenvalue weighted by Gasteiger charge is 2.53. The minimum absolute atomic E-state index is 0.162. The van der Waals surface area contributed by atoms with E-state index in [1.807, 2.05) is 0 Å². The fourth-order valence-corrected chi connectivity index (χ4v) is 5.38. The number of aliphatic carboxylic acids is 1. The molecule has 2 aliphatic rings. The lowest BCUT2D eigenvalue weighted by Gasteiger charge is -2.48. The lowest BCUT2D eigenvalue weighted by molar-refractivity contribution is -0.332. The van der Waals surface area contributed by atoms with E-state index in [2.05, 4.69) is 10.6 Å². The molecule has 11 N–H and O–H groups in total. The van der Waals surface area contributed by atoms with E-state index < -0.39 is 113 Å². The molecule has 0 aliphatic carbocycles. The van der Waals surface area contributed by atoms with Gasteiger partial charge in [0.2, 0.25) is 11.8 Å². The lowest BCUT2D eigenvalue weighted by atomic mass is 9.94. The Hall–Kier alpha value is -1.88. The number of carboxylic acids is 1. The zero-order valence-electron chi connectivity index (χ0n) is 24.7. The molecule has 2 saturated heterocycles. The topological polar surface area (TPSA) is 315 Å². The predicted octanol–water partition coefficient (Wildman–Crippen LogP) is -4.37. The molecule has 0 spiro atoms. The lowest BCUT2D eigenvalue weighted by Crippen LogP contribution is -2.70. The molecule has 0 radical (unpaired) electrons. The SMILES string of the molecule is CC(=O)N[C@H]1[C@@H](O[C@H]2[C@H](O)[C@@H](COP(=O)(O)OCCCCCN)O[C@H](O[C@H](CO)C(=O)O)[C@@H]2NC(C)=O)O[C@H](CO)[C@@H](O)[C@@H]1O. The van der Waals surface area contributed by atoms with Gasteiger partial charge in [0.25, 0.3) is 0 Å². The van der Waals surface area contributed by atoms with Crippen LogP contribution in [-0.2, 0) is 46.9 Å². The number of hydrogen-bond acceptors (Lipinski definition) is 16. The Kier molecular flexibility index (Phi) is 16.1. The summed E-state index contributed by atoms with van der Waals surface area (Å²) < 4.78 is 44.8. The quantitative estimate of drug-likeness (QED) is 0.0484. The van der Waals surface area contributed by atoms with Gasteiger partial charge >= 0.3 is 13.8 Å². The summed E-state index contributed by atoms with van der Waals surface area (Å²) in [6.07, 6.45) is -14.0. The molecular formula is C24H44N3O17P. The maximum Gasteiger partial charge on any atom is 0.472 e. The number of rotatable bonds is 18. The van der Waals surface area contributed by atoms with Crippen molar-refractivity contribution in [3.63, 3.8) is 0 Å². The van der Waals surface area contributed by atoms with E-state index in [0.717, 1.165) is 13.8 Å². The van der Waals surface area contributed by atoms with Crippen LogP contribution in [-0.4, -0.2) is 154 Å². The standard InChI is InChI=1S/C24H44N3O17P/c1-11(30)26-16-20(34)18(32)13(8-28)41-23(16)44-21-17(27-12(2)31)24(42-14(9-29)22(35)36)43-15(19(21)33)10-40-45(37,38)39-7-5-3-4-6-25/h13-21,23-24,28-29,32-34H,3-10,25H2,1-2H3,(H,26,30)(H,27,31)(H,35,36)(H,37,38)/t13-,14-,15-,16-,17-,18-,19-,20-,21-,23-,24+/m1/s1. The molecule has 2 heterocycles. The molecule has 2 rings (SSSR count). The van der Waals surface area contributed by atoms with Crippen LogP contribution in [0.4, 0.5) is 0 Å². The second-order valence-corrected chi connectivity index (χ2v) is 11.8. The van der Waals surface area contributed by atoms with Gasteiger partial charge in [-0.1, -0.05) is 0 Å². The fourth-order valence-electron chi connectivity index (χ4n) is 4.61. The number of carbonyl (C=O) groups is 3. The molecule has 21 heteroatoms. The fraction of sp³-hybridized carbons (Fsp3) is 0.875. The van der Waals surface area contributed by atoms with Crippen LogP contribution in [0.3, 0.4) is 0 Å². The highest BCUT2D eigenvalue weighted by Crippen LogP contribution is 2.44. The van der Waals surface area contributed by atoms with E-state index in [-0.39, 0.29) is 6.61 Å². The van der Waals surface area contributed by atoms with E-state index in [1.54, 1.807) is 0 Å². The molecule has 20 nitrogen and oxygen atoms in total. The summed E-state index contributed by atoms with van der Waals surface area (Å²) in [6.45, 7) is -0.335. The maximum absolute atomic E-state index is 12.5. The van der Waals surface area contributed by atoms with Gasteiger partial charge in [0.1, 0.15) is 48.7 Å². The third-order valence-electron chi connectivity index (χ3n) is 6.83. The van der Waals surface area contributed by atoms with E-state index >= 15 is 0 Å². The average molecular weight is 678 g/mol. The summed E-state index contributed by atoms with van der Waals surface area (Å²) in [6, 6.07) is -3.09. The van der Waals surface area contributed by atoms with Gasteiger partial charge in [-0.05, 0) is 25.8 Å². The van der Waals surface area contributed by atoms with Gasteiger partial charge in [0.15, 0.2) is 18.7 Å². The Labute approximate surface area is 258 Å². The molecule has 1 unspecified atom stereocenters. The Morgan fingerprint density at radius 2 is 1.51 bits per heavy atom. The van der Waals surface area contributed by atoms with Crippen molar-refractivity contribution in [3.05, 3.63) is 0 Å². The molecule has 12 atom stereocenters. The van der Waals surface area contributed by atoms with Gasteiger partial charge < -0.3 is 70.8 Å². The normalized spacial score (nSPS) is 34.0. The number of nitrogens with two attached hydrogens (primary N) is 1. The van der Waals surface area contributed by atoms with Crippen molar-refractivity contribution in [2.75, 3.05) is 33.0 Å². The first-order valence-corrected chi connectivity index (χ1v) is 15.6. The van der Waals surface area contributed by atoms with Crippen molar-refractivity contribution >= 4 is 25.6 Å². The molecule has 262 valence electrons. The van der Waals surface area contributed by atoms with Crippen LogP contribution < -0.4 is 16.4 Å². The van der Waals surface area contributed by atoms with Crippen LogP contribution in [0.1, 0.15) is 33.1 Å². The largest absolute Gasteiger partial charge is 0.479 e. The summed E-state index contributed by atoms with van der Waals surface area (Å²) in [5.41, 5.74) is 5.41. The molecule has 0 aromatic carbocycles. The molecule has 0 bridgehead atoms. The molecular weight excluding hydrogens is 633 g/mol. The van der Waals surface area contributed by atoms with Crippen molar-refractivity contribution in [1.29, 1.82) is 0 Å². The summed E-state index contributed by atoms with van der Waals surface area (Å²) in [5, 5.41) is 65.6. The van der Waals surface area contributed by atoms with Gasteiger partial charge in [0.05, 0.1) is 26.4 Å².